The number of rotatable bonds is 4. The van der Waals surface area contributed by atoms with Gasteiger partial charge in [-0.3, -0.25) is 9.59 Å². The summed E-state index contributed by atoms with van der Waals surface area (Å²) in [5.41, 5.74) is 4.93. The van der Waals surface area contributed by atoms with Gasteiger partial charge in [0.2, 0.25) is 11.8 Å². The van der Waals surface area contributed by atoms with Crippen molar-refractivity contribution in [3.63, 3.8) is 0 Å². The number of aliphatic hydroxyl groups is 1. The van der Waals surface area contributed by atoms with Crippen molar-refractivity contribution in [1.82, 2.24) is 15.2 Å². The molecule has 132 valence electrons. The highest BCUT2D eigenvalue weighted by Crippen LogP contribution is 2.27. The van der Waals surface area contributed by atoms with Crippen molar-refractivity contribution in [2.24, 2.45) is 0 Å². The Balaban J connectivity index is 1.61. The number of benzene rings is 1. The van der Waals surface area contributed by atoms with Crippen LogP contribution in [0.4, 0.5) is 0 Å². The Morgan fingerprint density at radius 3 is 2.68 bits per heavy atom. The summed E-state index contributed by atoms with van der Waals surface area (Å²) < 4.78 is 0. The largest absolute Gasteiger partial charge is 0.391 e. The molecule has 2 aromatic rings. The number of aliphatic hydroxyl groups excluding tert-OH is 1. The van der Waals surface area contributed by atoms with Gasteiger partial charge in [0.05, 0.1) is 22.2 Å². The first kappa shape index (κ1) is 17.6. The van der Waals surface area contributed by atoms with Crippen molar-refractivity contribution in [3.8, 4) is 10.4 Å². The molecule has 1 aromatic carbocycles. The molecule has 1 saturated heterocycles. The summed E-state index contributed by atoms with van der Waals surface area (Å²) in [5.74, 6) is -0.421. The number of carbonyl (C=O) groups excluding carboxylic acids is 2. The van der Waals surface area contributed by atoms with Gasteiger partial charge in [-0.1, -0.05) is 24.3 Å². The van der Waals surface area contributed by atoms with Crippen molar-refractivity contribution in [2.45, 2.75) is 39.0 Å². The molecule has 7 heteroatoms. The highest BCUT2D eigenvalue weighted by molar-refractivity contribution is 7.13. The molecule has 1 aliphatic heterocycles. The summed E-state index contributed by atoms with van der Waals surface area (Å²) in [7, 11) is 0. The first-order valence-corrected chi connectivity index (χ1v) is 9.06. The van der Waals surface area contributed by atoms with Crippen molar-refractivity contribution in [2.75, 3.05) is 6.54 Å². The van der Waals surface area contributed by atoms with Crippen LogP contribution in [0.15, 0.2) is 29.8 Å². The lowest BCUT2D eigenvalue weighted by Crippen LogP contribution is -2.44. The number of nitrogens with one attached hydrogen (secondary N) is 1. The summed E-state index contributed by atoms with van der Waals surface area (Å²) in [5, 5.41) is 12.6. The number of hydrogen-bond donors (Lipinski definition) is 2. The number of β-amino-alcohol motifs (C(OH)–C–C–N with tert-alkyl or cyclic N) is 1. The normalized spacial score (nSPS) is 19.9. The van der Waals surface area contributed by atoms with Gasteiger partial charge in [0.25, 0.3) is 0 Å². The minimum Gasteiger partial charge on any atom is -0.391 e. The maximum Gasteiger partial charge on any atom is 0.243 e. The molecule has 0 bridgehead atoms. The molecular weight excluding hydrogens is 338 g/mol. The summed E-state index contributed by atoms with van der Waals surface area (Å²) >= 11 is 1.60. The van der Waals surface area contributed by atoms with Crippen LogP contribution in [0.1, 0.15) is 24.6 Å². The monoisotopic (exact) mass is 359 g/mol. The fourth-order valence-corrected chi connectivity index (χ4v) is 3.88. The van der Waals surface area contributed by atoms with Gasteiger partial charge < -0.3 is 15.3 Å². The molecule has 3 rings (SSSR count). The Hall–Kier alpha value is -2.25. The van der Waals surface area contributed by atoms with Gasteiger partial charge in [0.15, 0.2) is 0 Å². The fourth-order valence-electron chi connectivity index (χ4n) is 3.07. The SMILES string of the molecule is CC(=O)N1CC(O)CC1C(=O)NCc1ccc(-c2scnc2C)cc1. The predicted octanol–water partition coefficient (Wildman–Crippen LogP) is 1.72. The third-order valence-electron chi connectivity index (χ3n) is 4.41. The van der Waals surface area contributed by atoms with E-state index < -0.39 is 12.1 Å². The van der Waals surface area contributed by atoms with Crippen LogP contribution in [0.3, 0.4) is 0 Å². The molecular formula is C18H21N3O3S. The number of likely N-dealkylation sites (tertiary alicyclic amines) is 1. The summed E-state index contributed by atoms with van der Waals surface area (Å²) in [4.78, 5) is 30.8. The van der Waals surface area contributed by atoms with Crippen molar-refractivity contribution in [3.05, 3.63) is 41.0 Å². The molecule has 2 heterocycles. The minimum atomic E-state index is -0.637. The number of carbonyl (C=O) groups is 2. The van der Waals surface area contributed by atoms with Crippen LogP contribution in [0.5, 0.6) is 0 Å². The Morgan fingerprint density at radius 1 is 1.36 bits per heavy atom. The van der Waals surface area contributed by atoms with E-state index in [-0.39, 0.29) is 24.8 Å². The maximum atomic E-state index is 12.4. The van der Waals surface area contributed by atoms with E-state index >= 15 is 0 Å². The molecule has 0 radical (unpaired) electrons. The van der Waals surface area contributed by atoms with E-state index in [0.29, 0.717) is 6.54 Å². The molecule has 2 N–H and O–H groups in total. The smallest absolute Gasteiger partial charge is 0.243 e. The third-order valence-corrected chi connectivity index (χ3v) is 5.39. The highest BCUT2D eigenvalue weighted by atomic mass is 32.1. The molecule has 2 unspecified atom stereocenters. The number of aryl methyl sites for hydroxylation is 1. The van der Waals surface area contributed by atoms with E-state index in [9.17, 15) is 14.7 Å². The topological polar surface area (TPSA) is 82.5 Å². The Bertz CT molecular complexity index is 772. The van der Waals surface area contributed by atoms with Crippen LogP contribution in [-0.4, -0.2) is 45.5 Å². The Labute approximate surface area is 150 Å². The van der Waals surface area contributed by atoms with Gasteiger partial charge >= 0.3 is 0 Å². The molecule has 1 aromatic heterocycles. The second-order valence-corrected chi connectivity index (χ2v) is 7.11. The van der Waals surface area contributed by atoms with Crippen LogP contribution < -0.4 is 5.32 Å². The lowest BCUT2D eigenvalue weighted by atomic mass is 10.1. The van der Waals surface area contributed by atoms with Crippen LogP contribution in [0, 0.1) is 6.92 Å². The first-order valence-electron chi connectivity index (χ1n) is 8.18. The van der Waals surface area contributed by atoms with Gasteiger partial charge in [-0.25, -0.2) is 4.98 Å². The van der Waals surface area contributed by atoms with E-state index in [4.69, 9.17) is 0 Å². The van der Waals surface area contributed by atoms with Gasteiger partial charge in [-0.15, -0.1) is 11.3 Å². The van der Waals surface area contributed by atoms with Gasteiger partial charge in [-0.2, -0.15) is 0 Å². The van der Waals surface area contributed by atoms with Crippen molar-refractivity contribution >= 4 is 23.2 Å². The average Bonchev–Trinajstić information content (AvgIpc) is 3.19. The van der Waals surface area contributed by atoms with E-state index in [1.807, 2.05) is 36.7 Å². The summed E-state index contributed by atoms with van der Waals surface area (Å²) in [6, 6.07) is 7.39. The van der Waals surface area contributed by atoms with Crippen LogP contribution in [0.2, 0.25) is 0 Å². The number of hydrogen-bond acceptors (Lipinski definition) is 5. The molecule has 1 fully saturated rings. The van der Waals surface area contributed by atoms with Crippen molar-refractivity contribution < 1.29 is 14.7 Å². The van der Waals surface area contributed by atoms with Crippen molar-refractivity contribution in [1.29, 1.82) is 0 Å². The number of amides is 2. The molecule has 0 aliphatic carbocycles. The standard InChI is InChI=1S/C18H21N3O3S/c1-11-17(25-10-20-11)14-5-3-13(4-6-14)8-19-18(24)16-7-15(23)9-21(16)12(2)22/h3-6,10,15-16,23H,7-9H2,1-2H3,(H,19,24). The highest BCUT2D eigenvalue weighted by Gasteiger charge is 2.37. The molecule has 1 aliphatic rings. The quantitative estimate of drug-likeness (QED) is 0.871. The minimum absolute atomic E-state index is 0.194. The number of thiazole rings is 1. The van der Waals surface area contributed by atoms with Crippen LogP contribution in [-0.2, 0) is 16.1 Å². The van der Waals surface area contributed by atoms with Gasteiger partial charge in [-0.05, 0) is 18.1 Å². The van der Waals surface area contributed by atoms with E-state index in [0.717, 1.165) is 21.7 Å². The van der Waals surface area contributed by atoms with Gasteiger partial charge in [0.1, 0.15) is 6.04 Å². The Morgan fingerprint density at radius 2 is 2.08 bits per heavy atom. The maximum absolute atomic E-state index is 12.4. The van der Waals surface area contributed by atoms with Crippen LogP contribution >= 0.6 is 11.3 Å². The lowest BCUT2D eigenvalue weighted by Gasteiger charge is -2.22. The second kappa shape index (κ2) is 7.33. The molecule has 2 amide bonds. The first-order chi connectivity index (χ1) is 12.0. The summed E-state index contributed by atoms with van der Waals surface area (Å²) in [6.07, 6.45) is -0.351. The fraction of sp³-hybridized carbons (Fsp3) is 0.389. The zero-order valence-corrected chi connectivity index (χ0v) is 15.0. The van der Waals surface area contributed by atoms with E-state index in [1.165, 1.54) is 11.8 Å². The van der Waals surface area contributed by atoms with Gasteiger partial charge in [0, 0.05) is 26.4 Å². The average molecular weight is 359 g/mol. The zero-order chi connectivity index (χ0) is 18.0. The molecule has 25 heavy (non-hydrogen) atoms. The molecule has 2 atom stereocenters. The predicted molar refractivity (Wildman–Crippen MR) is 95.9 cm³/mol. The molecule has 6 nitrogen and oxygen atoms in total. The molecule has 0 saturated carbocycles. The third kappa shape index (κ3) is 3.88. The zero-order valence-electron chi connectivity index (χ0n) is 14.2. The number of aromatic nitrogens is 1. The van der Waals surface area contributed by atoms with E-state index in [1.54, 1.807) is 11.3 Å². The number of nitrogens with zero attached hydrogens (tertiary/aromatic N) is 2. The van der Waals surface area contributed by atoms with E-state index in [2.05, 4.69) is 10.3 Å². The molecule has 0 spiro atoms. The second-order valence-electron chi connectivity index (χ2n) is 6.26. The Kier molecular flexibility index (Phi) is 5.15. The lowest BCUT2D eigenvalue weighted by molar-refractivity contribution is -0.137. The van der Waals surface area contributed by atoms with Crippen LogP contribution in [0.25, 0.3) is 10.4 Å². The summed E-state index contributed by atoms with van der Waals surface area (Å²) in [6.45, 7) is 4.00.